The smallest absolute Gasteiger partial charge is 0.133 e. The van der Waals surface area contributed by atoms with E-state index in [-0.39, 0.29) is 0 Å². The summed E-state index contributed by atoms with van der Waals surface area (Å²) in [6, 6.07) is 26.2. The molecule has 0 aliphatic rings. The van der Waals surface area contributed by atoms with Crippen LogP contribution in [-0.2, 0) is 0 Å². The van der Waals surface area contributed by atoms with E-state index in [1.165, 1.54) is 43.1 Å². The maximum Gasteiger partial charge on any atom is 0.147 e. The molecule has 0 saturated heterocycles. The maximum atomic E-state index is 3.23. The number of fused-ring (bicyclic) bond motifs is 4. The molecule has 0 fully saturated rings. The van der Waals surface area contributed by atoms with Crippen LogP contribution in [0.4, 0.5) is 0 Å². The first-order chi connectivity index (χ1) is 13.7. The van der Waals surface area contributed by atoms with Crippen LogP contribution < -0.4 is 0 Å². The van der Waals surface area contributed by atoms with Gasteiger partial charge in [-0.3, -0.25) is 0 Å². The van der Waals surface area contributed by atoms with E-state index in [4.69, 9.17) is 0 Å². The highest BCUT2D eigenvalue weighted by atomic mass is 28.1. The van der Waals surface area contributed by atoms with E-state index in [2.05, 4.69) is 116 Å². The van der Waals surface area contributed by atoms with Gasteiger partial charge in [0.15, 0.2) is 0 Å². The van der Waals surface area contributed by atoms with Crippen LogP contribution >= 0.6 is 0 Å². The predicted molar refractivity (Wildman–Crippen MR) is 122 cm³/mol. The Bertz CT molecular complexity index is 1420. The molecule has 5 aromatic rings. The van der Waals surface area contributed by atoms with Crippen LogP contribution in [-0.4, -0.2) is 20.5 Å². The minimum Gasteiger partial charge on any atom is -0.133 e. The summed E-state index contributed by atoms with van der Waals surface area (Å²) in [6.07, 6.45) is 0. The lowest BCUT2D eigenvalue weighted by Gasteiger charge is -2.08. The average Bonchev–Trinajstić information content (AvgIpc) is 2.70. The largest absolute Gasteiger partial charge is 0.147 e. The molecule has 0 nitrogen and oxygen atoms in total. The van der Waals surface area contributed by atoms with Gasteiger partial charge in [0.25, 0.3) is 0 Å². The van der Waals surface area contributed by atoms with Gasteiger partial charge in [-0.2, -0.15) is 0 Å². The Labute approximate surface area is 170 Å². The summed E-state index contributed by atoms with van der Waals surface area (Å²) in [6.45, 7) is 0. The zero-order chi connectivity index (χ0) is 19.1. The molecule has 0 spiro atoms. The Hall–Kier alpha value is -3.31. The molecule has 0 unspecified atom stereocenters. The van der Waals surface area contributed by atoms with Gasteiger partial charge in [0.2, 0.25) is 0 Å². The van der Waals surface area contributed by atoms with Gasteiger partial charge in [0, 0.05) is 11.1 Å². The van der Waals surface area contributed by atoms with Crippen LogP contribution in [0, 0.1) is 22.9 Å². The molecule has 2 heteroatoms. The molecule has 0 heterocycles. The molecular weight excluding hydrogens is 368 g/mol. The third-order valence-corrected chi connectivity index (χ3v) is 5.37. The fraction of sp³-hybridized carbons (Fsp3) is 0. The van der Waals surface area contributed by atoms with Crippen molar-refractivity contribution in [1.82, 2.24) is 0 Å². The maximum absolute atomic E-state index is 3.23. The number of benzene rings is 5. The highest BCUT2D eigenvalue weighted by molar-refractivity contribution is 6.22. The van der Waals surface area contributed by atoms with E-state index >= 15 is 0 Å². The Morgan fingerprint density at radius 3 is 1.07 bits per heavy atom. The summed E-state index contributed by atoms with van der Waals surface area (Å²) in [7, 11) is 6.45. The SMILES string of the molecule is [Si]C#Cc1ccc2cc3cc4cc5cc(C#C[Si])ccc5cc4cc3cc2c1. The Morgan fingerprint density at radius 1 is 0.393 bits per heavy atom. The van der Waals surface area contributed by atoms with Crippen LogP contribution in [0.1, 0.15) is 11.1 Å². The van der Waals surface area contributed by atoms with Crippen LogP contribution in [0.3, 0.4) is 0 Å². The summed E-state index contributed by atoms with van der Waals surface area (Å²) in [5.74, 6) is 6.12. The number of rotatable bonds is 0. The monoisotopic (exact) mass is 380 g/mol. The first-order valence-electron chi connectivity index (χ1n) is 8.94. The fourth-order valence-corrected chi connectivity index (χ4v) is 4.09. The topological polar surface area (TPSA) is 0 Å². The Balaban J connectivity index is 1.77. The minimum atomic E-state index is 1.01. The predicted octanol–water partition coefficient (Wildman–Crippen LogP) is 5.25. The summed E-state index contributed by atoms with van der Waals surface area (Å²) >= 11 is 0. The second kappa shape index (κ2) is 6.69. The summed E-state index contributed by atoms with van der Waals surface area (Å²) < 4.78 is 0. The Kier molecular flexibility index (Phi) is 4.03. The highest BCUT2D eigenvalue weighted by Crippen LogP contribution is 2.30. The molecule has 0 amide bonds. The van der Waals surface area contributed by atoms with E-state index in [0.717, 1.165) is 11.1 Å². The molecule has 0 bridgehead atoms. The number of hydrogen-bond acceptors (Lipinski definition) is 0. The minimum absolute atomic E-state index is 1.01. The van der Waals surface area contributed by atoms with Gasteiger partial charge >= 0.3 is 0 Å². The second-order valence-electron chi connectivity index (χ2n) is 6.87. The van der Waals surface area contributed by atoms with Crippen molar-refractivity contribution in [2.24, 2.45) is 0 Å². The molecule has 0 saturated carbocycles. The van der Waals surface area contributed by atoms with Gasteiger partial charge in [-0.25, -0.2) is 0 Å². The van der Waals surface area contributed by atoms with E-state index < -0.39 is 0 Å². The molecule has 28 heavy (non-hydrogen) atoms. The van der Waals surface area contributed by atoms with Crippen LogP contribution in [0.15, 0.2) is 72.8 Å². The van der Waals surface area contributed by atoms with Crippen LogP contribution in [0.5, 0.6) is 0 Å². The highest BCUT2D eigenvalue weighted by Gasteiger charge is 2.04. The molecular formula is C26H12Si2. The van der Waals surface area contributed by atoms with Crippen LogP contribution in [0.25, 0.3) is 43.1 Å². The van der Waals surface area contributed by atoms with Gasteiger partial charge in [-0.1, -0.05) is 24.0 Å². The van der Waals surface area contributed by atoms with Gasteiger partial charge < -0.3 is 0 Å². The van der Waals surface area contributed by atoms with E-state index in [1.54, 1.807) is 0 Å². The quantitative estimate of drug-likeness (QED) is 0.195. The average molecular weight is 381 g/mol. The first-order valence-corrected chi connectivity index (χ1v) is 9.94. The fourth-order valence-electron chi connectivity index (χ4n) is 3.80. The van der Waals surface area contributed by atoms with Crippen LogP contribution in [0.2, 0.25) is 0 Å². The van der Waals surface area contributed by atoms with Crippen molar-refractivity contribution in [2.45, 2.75) is 0 Å². The zero-order valence-corrected chi connectivity index (χ0v) is 16.9. The summed E-state index contributed by atoms with van der Waals surface area (Å²) in [5.41, 5.74) is 7.59. The van der Waals surface area contributed by atoms with Crippen molar-refractivity contribution >= 4 is 63.6 Å². The van der Waals surface area contributed by atoms with Gasteiger partial charge in [0.05, 0.1) is 0 Å². The van der Waals surface area contributed by atoms with Crippen molar-refractivity contribution in [3.8, 4) is 22.9 Å². The lowest BCUT2D eigenvalue weighted by Crippen LogP contribution is -1.83. The third-order valence-electron chi connectivity index (χ3n) is 5.12. The Morgan fingerprint density at radius 2 is 0.714 bits per heavy atom. The van der Waals surface area contributed by atoms with Crippen molar-refractivity contribution in [1.29, 1.82) is 0 Å². The molecule has 0 aromatic heterocycles. The van der Waals surface area contributed by atoms with E-state index in [1.807, 2.05) is 0 Å². The normalized spacial score (nSPS) is 10.6. The summed E-state index contributed by atoms with van der Waals surface area (Å²) in [5, 5.41) is 9.83. The standard InChI is InChI=1S/C26H12Si2/c27-7-5-17-1-3-19-11-23-15-26-14-22-10-18(6-8-28)2-4-20(22)12-24(26)16-25(23)13-21(19)9-17/h1-4,9-16H. The van der Waals surface area contributed by atoms with Gasteiger partial charge in [-0.15, -0.1) is 11.1 Å². The molecule has 124 valence electrons. The van der Waals surface area contributed by atoms with Crippen molar-refractivity contribution in [2.75, 3.05) is 0 Å². The molecule has 0 aliphatic heterocycles. The molecule has 5 aromatic carbocycles. The van der Waals surface area contributed by atoms with Crippen molar-refractivity contribution in [3.05, 3.63) is 83.9 Å². The molecule has 0 N–H and O–H groups in total. The lowest BCUT2D eigenvalue weighted by molar-refractivity contribution is 1.71. The summed E-state index contributed by atoms with van der Waals surface area (Å²) in [4.78, 5) is 0. The van der Waals surface area contributed by atoms with Crippen molar-refractivity contribution < 1.29 is 0 Å². The molecule has 0 atom stereocenters. The van der Waals surface area contributed by atoms with Gasteiger partial charge in [-0.05, 0) is 104 Å². The zero-order valence-electron chi connectivity index (χ0n) is 14.9. The first kappa shape index (κ1) is 16.8. The molecule has 0 aliphatic carbocycles. The van der Waals surface area contributed by atoms with E-state index in [0.29, 0.717) is 0 Å². The lowest BCUT2D eigenvalue weighted by atomic mass is 9.96. The second-order valence-corrected chi connectivity index (χ2v) is 7.37. The van der Waals surface area contributed by atoms with E-state index in [9.17, 15) is 0 Å². The van der Waals surface area contributed by atoms with Crippen molar-refractivity contribution in [3.63, 3.8) is 0 Å². The van der Waals surface area contributed by atoms with Gasteiger partial charge in [0.1, 0.15) is 20.5 Å². The molecule has 6 radical (unpaired) electrons. The third kappa shape index (κ3) is 2.90. The molecule has 5 rings (SSSR count). The number of hydrogen-bond donors (Lipinski definition) is 0.